The van der Waals surface area contributed by atoms with Gasteiger partial charge in [-0.1, -0.05) is 68.2 Å². The van der Waals surface area contributed by atoms with Gasteiger partial charge in [0.1, 0.15) is 0 Å². The highest BCUT2D eigenvalue weighted by molar-refractivity contribution is 4.88. The predicted molar refractivity (Wildman–Crippen MR) is 110 cm³/mol. The second-order valence-corrected chi connectivity index (χ2v) is 11.8. The van der Waals surface area contributed by atoms with Crippen molar-refractivity contribution in [3.63, 3.8) is 0 Å². The van der Waals surface area contributed by atoms with Crippen LogP contribution < -0.4 is 0 Å². The van der Waals surface area contributed by atoms with Gasteiger partial charge in [0.15, 0.2) is 0 Å². The van der Waals surface area contributed by atoms with Gasteiger partial charge in [-0.2, -0.15) is 0 Å². The lowest BCUT2D eigenvalue weighted by molar-refractivity contribution is -0.0314. The number of rotatable bonds is 4. The van der Waals surface area contributed by atoms with Gasteiger partial charge in [0, 0.05) is 13.2 Å². The van der Waals surface area contributed by atoms with Gasteiger partial charge in [0.05, 0.1) is 0 Å². The molecule has 6 unspecified atom stereocenters. The van der Waals surface area contributed by atoms with E-state index in [0.717, 1.165) is 48.7 Å². The largest absolute Gasteiger partial charge is 0.381 e. The van der Waals surface area contributed by atoms with Crippen LogP contribution in [0.2, 0.25) is 0 Å². The topological polar surface area (TPSA) is 9.23 Å². The van der Waals surface area contributed by atoms with E-state index in [1.807, 2.05) is 0 Å². The van der Waals surface area contributed by atoms with Crippen molar-refractivity contribution < 1.29 is 4.74 Å². The highest BCUT2D eigenvalue weighted by Crippen LogP contribution is 2.46. The fourth-order valence-corrected chi connectivity index (χ4v) is 5.78. The van der Waals surface area contributed by atoms with Crippen LogP contribution in [0, 0.1) is 46.3 Å². The minimum Gasteiger partial charge on any atom is -0.381 e. The number of hydrogen-bond donors (Lipinski definition) is 0. The van der Waals surface area contributed by atoms with Crippen LogP contribution in [-0.4, -0.2) is 13.2 Å². The van der Waals surface area contributed by atoms with Crippen LogP contribution in [0.5, 0.6) is 0 Å². The van der Waals surface area contributed by atoms with Gasteiger partial charge in [-0.3, -0.25) is 0 Å². The molecule has 1 nitrogen and oxygen atoms in total. The van der Waals surface area contributed by atoms with E-state index in [9.17, 15) is 0 Å². The molecule has 0 N–H and O–H groups in total. The van der Waals surface area contributed by atoms with Crippen LogP contribution in [0.4, 0.5) is 0 Å². The molecule has 0 aromatic carbocycles. The molecule has 0 radical (unpaired) electrons. The molecular weight excluding hydrogens is 304 g/mol. The molecule has 2 aliphatic carbocycles. The van der Waals surface area contributed by atoms with Gasteiger partial charge in [-0.25, -0.2) is 0 Å². The monoisotopic (exact) mass is 350 g/mol. The third-order valence-electron chi connectivity index (χ3n) is 7.40. The summed E-state index contributed by atoms with van der Waals surface area (Å²) in [7, 11) is 0. The summed E-state index contributed by atoms with van der Waals surface area (Å²) in [5.74, 6) is 4.97. The van der Waals surface area contributed by atoms with Crippen LogP contribution in [0.3, 0.4) is 0 Å². The second kappa shape index (κ2) is 8.32. The Balaban J connectivity index is 1.89. The van der Waals surface area contributed by atoms with Crippen molar-refractivity contribution in [2.24, 2.45) is 46.3 Å². The van der Waals surface area contributed by atoms with Crippen LogP contribution >= 0.6 is 0 Å². The van der Waals surface area contributed by atoms with Crippen molar-refractivity contribution in [1.82, 2.24) is 0 Å². The van der Waals surface area contributed by atoms with E-state index >= 15 is 0 Å². The molecule has 2 fully saturated rings. The number of hydrogen-bond acceptors (Lipinski definition) is 1. The van der Waals surface area contributed by atoms with E-state index in [1.165, 1.54) is 38.5 Å². The van der Waals surface area contributed by atoms with Crippen molar-refractivity contribution in [3.05, 3.63) is 0 Å². The van der Waals surface area contributed by atoms with Gasteiger partial charge < -0.3 is 4.74 Å². The smallest absolute Gasteiger partial charge is 0.0497 e. The second-order valence-electron chi connectivity index (χ2n) is 11.8. The fraction of sp³-hybridized carbons (Fsp3) is 1.00. The molecule has 0 spiro atoms. The molecule has 6 atom stereocenters. The Morgan fingerprint density at radius 1 is 0.640 bits per heavy atom. The molecule has 0 amide bonds. The highest BCUT2D eigenvalue weighted by Gasteiger charge is 2.38. The molecule has 1 heteroatoms. The molecule has 0 heterocycles. The molecule has 2 aliphatic rings. The van der Waals surface area contributed by atoms with Crippen LogP contribution in [0.25, 0.3) is 0 Å². The third kappa shape index (κ3) is 5.98. The average Bonchev–Trinajstić information content (AvgIpc) is 2.48. The summed E-state index contributed by atoms with van der Waals surface area (Å²) in [5, 5.41) is 0. The molecule has 2 saturated carbocycles. The van der Waals surface area contributed by atoms with E-state index in [1.54, 1.807) is 0 Å². The Kier molecular flexibility index (Phi) is 7.08. The number of ether oxygens (including phenoxy) is 1. The first-order valence-electron chi connectivity index (χ1n) is 11.1. The van der Waals surface area contributed by atoms with Crippen LogP contribution in [0.15, 0.2) is 0 Å². The van der Waals surface area contributed by atoms with E-state index in [2.05, 4.69) is 55.4 Å². The fourth-order valence-electron chi connectivity index (χ4n) is 5.78. The van der Waals surface area contributed by atoms with Crippen molar-refractivity contribution in [1.29, 1.82) is 0 Å². The molecule has 0 bridgehead atoms. The Labute approximate surface area is 158 Å². The summed E-state index contributed by atoms with van der Waals surface area (Å²) in [4.78, 5) is 0. The van der Waals surface area contributed by atoms with Gasteiger partial charge >= 0.3 is 0 Å². The lowest BCUT2D eigenvalue weighted by Crippen LogP contribution is -2.38. The maximum absolute atomic E-state index is 6.43. The van der Waals surface area contributed by atoms with Gasteiger partial charge in [0.25, 0.3) is 0 Å². The SMILES string of the molecule is CC1CCC(COCC2CCC(C)CC2C(C)(C)C)C(C(C)(C)C)C1. The summed E-state index contributed by atoms with van der Waals surface area (Å²) in [5.41, 5.74) is 0.827. The first-order valence-corrected chi connectivity index (χ1v) is 11.1. The van der Waals surface area contributed by atoms with Crippen molar-refractivity contribution in [3.8, 4) is 0 Å². The predicted octanol–water partition coefficient (Wildman–Crippen LogP) is 7.20. The summed E-state index contributed by atoms with van der Waals surface area (Å²) in [6.07, 6.45) is 8.31. The molecule has 0 saturated heterocycles. The summed E-state index contributed by atoms with van der Waals surface area (Å²) in [6.45, 7) is 21.5. The van der Waals surface area contributed by atoms with Crippen LogP contribution in [0.1, 0.15) is 93.9 Å². The summed E-state index contributed by atoms with van der Waals surface area (Å²) < 4.78 is 6.43. The zero-order valence-corrected chi connectivity index (χ0v) is 18.5. The Hall–Kier alpha value is -0.0400. The Morgan fingerprint density at radius 3 is 1.32 bits per heavy atom. The van der Waals surface area contributed by atoms with Crippen molar-refractivity contribution in [2.45, 2.75) is 93.9 Å². The first kappa shape index (κ1) is 21.3. The molecule has 0 aromatic heterocycles. The molecule has 25 heavy (non-hydrogen) atoms. The first-order chi connectivity index (χ1) is 11.5. The van der Waals surface area contributed by atoms with Crippen molar-refractivity contribution >= 4 is 0 Å². The van der Waals surface area contributed by atoms with E-state index in [4.69, 9.17) is 4.74 Å². The summed E-state index contributed by atoms with van der Waals surface area (Å²) >= 11 is 0. The average molecular weight is 351 g/mol. The van der Waals surface area contributed by atoms with E-state index < -0.39 is 0 Å². The van der Waals surface area contributed by atoms with E-state index in [-0.39, 0.29) is 0 Å². The maximum atomic E-state index is 6.43. The van der Waals surface area contributed by atoms with Crippen LogP contribution in [-0.2, 0) is 4.74 Å². The third-order valence-corrected chi connectivity index (χ3v) is 7.40. The van der Waals surface area contributed by atoms with Gasteiger partial charge in [-0.15, -0.1) is 0 Å². The lowest BCUT2D eigenvalue weighted by Gasteiger charge is -2.44. The lowest BCUT2D eigenvalue weighted by atomic mass is 9.64. The van der Waals surface area contributed by atoms with Gasteiger partial charge in [0.2, 0.25) is 0 Å². The molecular formula is C24H46O. The minimum atomic E-state index is 0.414. The standard InChI is InChI=1S/C24H46O/c1-17-9-11-19(21(13-17)23(3,4)5)15-25-16-20-12-10-18(2)14-22(20)24(6,7)8/h17-22H,9-16H2,1-8H3. The normalized spacial score (nSPS) is 37.9. The molecule has 0 aromatic rings. The Bertz CT molecular complexity index is 361. The molecule has 148 valence electrons. The highest BCUT2D eigenvalue weighted by atomic mass is 16.5. The van der Waals surface area contributed by atoms with Crippen molar-refractivity contribution in [2.75, 3.05) is 13.2 Å². The zero-order chi connectivity index (χ0) is 18.8. The quantitative estimate of drug-likeness (QED) is 0.521. The Morgan fingerprint density at radius 2 is 1.00 bits per heavy atom. The summed E-state index contributed by atoms with van der Waals surface area (Å²) in [6, 6.07) is 0. The minimum absolute atomic E-state index is 0.414. The van der Waals surface area contributed by atoms with Gasteiger partial charge in [-0.05, 0) is 72.0 Å². The molecule has 0 aliphatic heterocycles. The molecule has 2 rings (SSSR count). The van der Waals surface area contributed by atoms with E-state index in [0.29, 0.717) is 10.8 Å². The zero-order valence-electron chi connectivity index (χ0n) is 18.5. The maximum Gasteiger partial charge on any atom is 0.0497 e.